The van der Waals surface area contributed by atoms with Crippen molar-refractivity contribution >= 4 is 17.2 Å². The number of hydrogen-bond acceptors (Lipinski definition) is 4. The third-order valence-electron chi connectivity index (χ3n) is 4.78. The number of anilines is 1. The molecule has 3 rings (SSSR count). The summed E-state index contributed by atoms with van der Waals surface area (Å²) in [4.78, 5) is 24.6. The fourth-order valence-corrected chi connectivity index (χ4v) is 3.58. The first-order chi connectivity index (χ1) is 12.0. The number of ketones is 1. The van der Waals surface area contributed by atoms with E-state index in [1.165, 1.54) is 5.56 Å². The lowest BCUT2D eigenvalue weighted by molar-refractivity contribution is -0.384. The van der Waals surface area contributed by atoms with Crippen LogP contribution in [0.3, 0.4) is 0 Å². The Morgan fingerprint density at radius 3 is 2.68 bits per heavy atom. The van der Waals surface area contributed by atoms with E-state index in [2.05, 4.69) is 17.0 Å². The number of nitro benzene ring substituents is 1. The molecule has 0 bridgehead atoms. The van der Waals surface area contributed by atoms with E-state index in [-0.39, 0.29) is 22.4 Å². The van der Waals surface area contributed by atoms with E-state index < -0.39 is 0 Å². The van der Waals surface area contributed by atoms with Gasteiger partial charge in [0.15, 0.2) is 0 Å². The Morgan fingerprint density at radius 2 is 2.00 bits per heavy atom. The third-order valence-corrected chi connectivity index (χ3v) is 4.78. The van der Waals surface area contributed by atoms with Crippen molar-refractivity contribution in [2.75, 3.05) is 11.4 Å². The summed E-state index contributed by atoms with van der Waals surface area (Å²) in [7, 11) is 0. The Morgan fingerprint density at radius 1 is 1.24 bits per heavy atom. The maximum absolute atomic E-state index is 11.7. The quantitative estimate of drug-likeness (QED) is 0.591. The molecular formula is C20H22N2O3. The Hall–Kier alpha value is -2.69. The zero-order valence-electron chi connectivity index (χ0n) is 14.4. The van der Waals surface area contributed by atoms with Gasteiger partial charge in [-0.2, -0.15) is 0 Å². The van der Waals surface area contributed by atoms with Gasteiger partial charge in [0.1, 0.15) is 5.78 Å². The SMILES string of the molecule is CC(=O)C[C@@H]1CCc2cc([N+](=O)[O-])ccc2N1CCc1ccccc1. The number of carbonyl (C=O) groups is 1. The molecular weight excluding hydrogens is 316 g/mol. The molecule has 25 heavy (non-hydrogen) atoms. The van der Waals surface area contributed by atoms with Crippen molar-refractivity contribution in [3.05, 3.63) is 69.8 Å². The molecule has 1 aliphatic heterocycles. The predicted octanol–water partition coefficient (Wildman–Crippen LogP) is 3.94. The molecule has 0 saturated heterocycles. The van der Waals surface area contributed by atoms with E-state index in [1.807, 2.05) is 24.3 Å². The van der Waals surface area contributed by atoms with E-state index in [1.54, 1.807) is 19.1 Å². The van der Waals surface area contributed by atoms with Gasteiger partial charge in [-0.15, -0.1) is 0 Å². The summed E-state index contributed by atoms with van der Waals surface area (Å²) >= 11 is 0. The minimum absolute atomic E-state index is 0.131. The van der Waals surface area contributed by atoms with Crippen LogP contribution in [0, 0.1) is 10.1 Å². The zero-order chi connectivity index (χ0) is 17.8. The highest BCUT2D eigenvalue weighted by molar-refractivity contribution is 5.77. The van der Waals surface area contributed by atoms with Gasteiger partial charge >= 0.3 is 0 Å². The molecule has 2 aromatic carbocycles. The standard InChI is InChI=1S/C20H22N2O3/c1-15(23)13-18-8-7-17-14-19(22(24)25)9-10-20(17)21(18)12-11-16-5-3-2-4-6-16/h2-6,9-10,14,18H,7-8,11-13H2,1H3/t18-/m0/s1. The highest BCUT2D eigenvalue weighted by Gasteiger charge is 2.28. The van der Waals surface area contributed by atoms with Gasteiger partial charge in [-0.1, -0.05) is 30.3 Å². The van der Waals surface area contributed by atoms with Crippen LogP contribution in [0.15, 0.2) is 48.5 Å². The van der Waals surface area contributed by atoms with Gasteiger partial charge < -0.3 is 4.90 Å². The Labute approximate surface area is 147 Å². The number of nitrogens with zero attached hydrogens (tertiary/aromatic N) is 2. The van der Waals surface area contributed by atoms with Crippen molar-refractivity contribution < 1.29 is 9.72 Å². The van der Waals surface area contributed by atoms with E-state index in [9.17, 15) is 14.9 Å². The van der Waals surface area contributed by atoms with Gasteiger partial charge in [-0.25, -0.2) is 0 Å². The summed E-state index contributed by atoms with van der Waals surface area (Å²) in [6.45, 7) is 2.42. The maximum Gasteiger partial charge on any atom is 0.269 e. The van der Waals surface area contributed by atoms with Gasteiger partial charge in [0, 0.05) is 36.8 Å². The van der Waals surface area contributed by atoms with Crippen LogP contribution in [0.5, 0.6) is 0 Å². The minimum atomic E-state index is -0.351. The van der Waals surface area contributed by atoms with Crippen molar-refractivity contribution in [2.45, 2.75) is 38.6 Å². The number of non-ortho nitro benzene ring substituents is 1. The first-order valence-electron chi connectivity index (χ1n) is 8.62. The maximum atomic E-state index is 11.7. The summed E-state index contributed by atoms with van der Waals surface area (Å²) in [5.41, 5.74) is 3.41. The fourth-order valence-electron chi connectivity index (χ4n) is 3.58. The second-order valence-electron chi connectivity index (χ2n) is 6.60. The van der Waals surface area contributed by atoms with Gasteiger partial charge in [0.25, 0.3) is 5.69 Å². The molecule has 5 heteroatoms. The predicted molar refractivity (Wildman–Crippen MR) is 98.0 cm³/mol. The summed E-state index contributed by atoms with van der Waals surface area (Å²) in [5, 5.41) is 11.0. The Bertz CT molecular complexity index is 774. The molecule has 0 saturated carbocycles. The molecule has 0 unspecified atom stereocenters. The molecule has 0 aromatic heterocycles. The summed E-state index contributed by atoms with van der Waals surface area (Å²) in [6.07, 6.45) is 3.02. The second kappa shape index (κ2) is 7.47. The molecule has 0 aliphatic carbocycles. The highest BCUT2D eigenvalue weighted by atomic mass is 16.6. The van der Waals surface area contributed by atoms with Gasteiger partial charge in [0.05, 0.1) is 4.92 Å². The molecule has 1 aliphatic rings. The zero-order valence-corrected chi connectivity index (χ0v) is 14.4. The van der Waals surface area contributed by atoms with Crippen LogP contribution >= 0.6 is 0 Å². The lowest BCUT2D eigenvalue weighted by Gasteiger charge is -2.38. The van der Waals surface area contributed by atoms with Crippen LogP contribution in [-0.4, -0.2) is 23.3 Å². The van der Waals surface area contributed by atoms with E-state index in [0.717, 1.165) is 37.1 Å². The number of benzene rings is 2. The number of rotatable bonds is 6. The largest absolute Gasteiger partial charge is 0.368 e. The Kier molecular flexibility index (Phi) is 5.12. The molecule has 5 nitrogen and oxygen atoms in total. The van der Waals surface area contributed by atoms with Crippen molar-refractivity contribution in [3.8, 4) is 0 Å². The van der Waals surface area contributed by atoms with Gasteiger partial charge in [-0.3, -0.25) is 14.9 Å². The van der Waals surface area contributed by atoms with Crippen molar-refractivity contribution in [1.29, 1.82) is 0 Å². The first-order valence-corrected chi connectivity index (χ1v) is 8.62. The Balaban J connectivity index is 1.86. The average Bonchev–Trinajstić information content (AvgIpc) is 2.60. The van der Waals surface area contributed by atoms with Gasteiger partial charge in [0.2, 0.25) is 0 Å². The van der Waals surface area contributed by atoms with Crippen LogP contribution in [0.2, 0.25) is 0 Å². The first kappa shape index (κ1) is 17.1. The van der Waals surface area contributed by atoms with Crippen LogP contribution < -0.4 is 4.90 Å². The normalized spacial score (nSPS) is 16.4. The second-order valence-corrected chi connectivity index (χ2v) is 6.60. The summed E-state index contributed by atoms with van der Waals surface area (Å²) < 4.78 is 0. The van der Waals surface area contributed by atoms with Crippen molar-refractivity contribution in [3.63, 3.8) is 0 Å². The molecule has 0 radical (unpaired) electrons. The summed E-state index contributed by atoms with van der Waals surface area (Å²) in [6, 6.07) is 15.5. The number of Topliss-reactive ketones (excluding diaryl/α,β-unsaturated/α-hetero) is 1. The third kappa shape index (κ3) is 4.05. The number of carbonyl (C=O) groups excluding carboxylic acids is 1. The van der Waals surface area contributed by atoms with Crippen LogP contribution in [-0.2, 0) is 17.6 Å². The van der Waals surface area contributed by atoms with Crippen molar-refractivity contribution in [2.24, 2.45) is 0 Å². The van der Waals surface area contributed by atoms with Crippen molar-refractivity contribution in [1.82, 2.24) is 0 Å². The molecule has 2 aromatic rings. The lowest BCUT2D eigenvalue weighted by atomic mass is 9.92. The smallest absolute Gasteiger partial charge is 0.269 e. The van der Waals surface area contributed by atoms with Gasteiger partial charge in [-0.05, 0) is 43.4 Å². The topological polar surface area (TPSA) is 63.4 Å². The molecule has 0 fully saturated rings. The van der Waals surface area contributed by atoms with Crippen LogP contribution in [0.1, 0.15) is 30.9 Å². The molecule has 0 N–H and O–H groups in total. The van der Waals surface area contributed by atoms with E-state index >= 15 is 0 Å². The molecule has 0 spiro atoms. The fraction of sp³-hybridized carbons (Fsp3) is 0.350. The van der Waals surface area contributed by atoms with Crippen LogP contribution in [0.4, 0.5) is 11.4 Å². The highest BCUT2D eigenvalue weighted by Crippen LogP contribution is 2.34. The van der Waals surface area contributed by atoms with E-state index in [0.29, 0.717) is 6.42 Å². The number of fused-ring (bicyclic) bond motifs is 1. The van der Waals surface area contributed by atoms with Crippen LogP contribution in [0.25, 0.3) is 0 Å². The lowest BCUT2D eigenvalue weighted by Crippen LogP contribution is -2.41. The minimum Gasteiger partial charge on any atom is -0.368 e. The van der Waals surface area contributed by atoms with E-state index in [4.69, 9.17) is 0 Å². The number of hydrogen-bond donors (Lipinski definition) is 0. The summed E-state index contributed by atoms with van der Waals surface area (Å²) in [5.74, 6) is 0.181. The number of aryl methyl sites for hydroxylation is 1. The molecule has 1 heterocycles. The average molecular weight is 338 g/mol. The molecule has 1 atom stereocenters. The molecule has 130 valence electrons. The number of nitro groups is 1. The monoisotopic (exact) mass is 338 g/mol. The molecule has 0 amide bonds.